The second-order valence-electron chi connectivity index (χ2n) is 10.5. The van der Waals surface area contributed by atoms with Gasteiger partial charge in [-0.1, -0.05) is 11.6 Å². The molecule has 0 amide bonds. The Morgan fingerprint density at radius 1 is 1.17 bits per heavy atom. The minimum atomic E-state index is -0.457. The minimum Gasteiger partial charge on any atom is -0.379 e. The van der Waals surface area contributed by atoms with Crippen LogP contribution in [0.25, 0.3) is 5.70 Å². The van der Waals surface area contributed by atoms with Crippen LogP contribution in [0.5, 0.6) is 0 Å². The highest BCUT2D eigenvalue weighted by Crippen LogP contribution is 2.60. The smallest absolute Gasteiger partial charge is 0.288 e. The molecule has 1 heterocycles. The minimum absolute atomic E-state index is 0.111. The summed E-state index contributed by atoms with van der Waals surface area (Å²) in [4.78, 5) is 24.5. The third kappa shape index (κ3) is 3.18. The van der Waals surface area contributed by atoms with Crippen molar-refractivity contribution >= 4 is 28.8 Å². The van der Waals surface area contributed by atoms with Crippen molar-refractivity contribution in [2.45, 2.75) is 64.3 Å². The Bertz CT molecular complexity index is 914. The maximum Gasteiger partial charge on any atom is 0.288 e. The number of fused-ring (bicyclic) bond motifs is 1. The van der Waals surface area contributed by atoms with Crippen molar-refractivity contribution < 1.29 is 9.72 Å². The quantitative estimate of drug-likeness (QED) is 0.414. The second-order valence-corrected chi connectivity index (χ2v) is 10.9. The SMILES string of the molecule is CC1(C)Cc2cc(Cl)c([N+](=O)[O-])cc2C(=CC(=O)C23CC4CC(CC(C4)C2)C3)N1. The van der Waals surface area contributed by atoms with Gasteiger partial charge in [-0.2, -0.15) is 0 Å². The standard InChI is InChI=1S/C23H27ClN2O3/c1-22(2)12-16-6-18(24)20(26(28)29)7-17(16)19(25-22)8-21(27)23-9-13-3-14(10-23)5-15(4-13)11-23/h6-8,13-15,25H,3-5,9-12H2,1-2H3. The molecule has 1 aliphatic heterocycles. The number of rotatable bonds is 3. The molecule has 1 aromatic rings. The highest BCUT2D eigenvalue weighted by Gasteiger charge is 2.54. The number of halogens is 1. The van der Waals surface area contributed by atoms with E-state index in [0.29, 0.717) is 29.9 Å². The molecule has 0 spiro atoms. The van der Waals surface area contributed by atoms with Gasteiger partial charge in [0, 0.05) is 34.4 Å². The van der Waals surface area contributed by atoms with E-state index in [1.807, 2.05) is 0 Å². The predicted octanol–water partition coefficient (Wildman–Crippen LogP) is 5.30. The van der Waals surface area contributed by atoms with Crippen LogP contribution in [0.15, 0.2) is 18.2 Å². The first kappa shape index (κ1) is 19.1. The highest BCUT2D eigenvalue weighted by atomic mass is 35.5. The number of nitrogens with one attached hydrogen (secondary N) is 1. The van der Waals surface area contributed by atoms with Gasteiger partial charge in [0.1, 0.15) is 5.02 Å². The maximum absolute atomic E-state index is 13.6. The first-order chi connectivity index (χ1) is 13.6. The van der Waals surface area contributed by atoms with E-state index in [1.165, 1.54) is 25.3 Å². The number of carbonyl (C=O) groups excluding carboxylic acids is 1. The molecule has 1 N–H and O–H groups in total. The second kappa shape index (κ2) is 6.31. The van der Waals surface area contributed by atoms with Gasteiger partial charge in [0.05, 0.1) is 4.92 Å². The van der Waals surface area contributed by atoms with Crippen molar-refractivity contribution in [3.8, 4) is 0 Å². The van der Waals surface area contributed by atoms with Gasteiger partial charge in [-0.05, 0) is 88.2 Å². The third-order valence-electron chi connectivity index (χ3n) is 7.60. The van der Waals surface area contributed by atoms with E-state index in [4.69, 9.17) is 11.6 Å². The monoisotopic (exact) mass is 414 g/mol. The van der Waals surface area contributed by atoms with Gasteiger partial charge in [0.2, 0.25) is 0 Å². The van der Waals surface area contributed by atoms with Crippen LogP contribution in [0.2, 0.25) is 5.02 Å². The Morgan fingerprint density at radius 2 is 1.76 bits per heavy atom. The van der Waals surface area contributed by atoms with Crippen molar-refractivity contribution in [3.05, 3.63) is 44.5 Å². The zero-order valence-corrected chi connectivity index (χ0v) is 17.7. The number of ketones is 1. The molecule has 0 radical (unpaired) electrons. The Kier molecular flexibility index (Phi) is 4.16. The average Bonchev–Trinajstić information content (AvgIpc) is 2.58. The average molecular weight is 415 g/mol. The summed E-state index contributed by atoms with van der Waals surface area (Å²) in [6.07, 6.45) is 9.37. The largest absolute Gasteiger partial charge is 0.379 e. The lowest BCUT2D eigenvalue weighted by Gasteiger charge is -2.55. The molecular weight excluding hydrogens is 388 g/mol. The molecule has 154 valence electrons. The molecule has 4 fully saturated rings. The van der Waals surface area contributed by atoms with Crippen molar-refractivity contribution in [2.24, 2.45) is 23.2 Å². The van der Waals surface area contributed by atoms with Gasteiger partial charge in [-0.3, -0.25) is 14.9 Å². The normalized spacial score (nSPS) is 35.3. The molecule has 1 aromatic carbocycles. The van der Waals surface area contributed by atoms with Crippen LogP contribution in [0.4, 0.5) is 5.69 Å². The fourth-order valence-electron chi connectivity index (χ4n) is 6.90. The zero-order valence-electron chi connectivity index (χ0n) is 17.0. The Morgan fingerprint density at radius 3 is 2.31 bits per heavy atom. The first-order valence-electron chi connectivity index (χ1n) is 10.7. The van der Waals surface area contributed by atoms with Crippen molar-refractivity contribution in [2.75, 3.05) is 0 Å². The Labute approximate surface area is 176 Å². The van der Waals surface area contributed by atoms with Gasteiger partial charge in [0.25, 0.3) is 5.69 Å². The fourth-order valence-corrected chi connectivity index (χ4v) is 7.16. The molecule has 4 bridgehead atoms. The van der Waals surface area contributed by atoms with Crippen LogP contribution < -0.4 is 5.32 Å². The van der Waals surface area contributed by atoms with Crippen LogP contribution in [0, 0.1) is 33.3 Å². The lowest BCUT2D eigenvalue weighted by atomic mass is 9.48. The van der Waals surface area contributed by atoms with Gasteiger partial charge >= 0.3 is 0 Å². The molecule has 4 saturated carbocycles. The molecule has 0 aromatic heterocycles. The zero-order chi connectivity index (χ0) is 20.6. The lowest BCUT2D eigenvalue weighted by Crippen LogP contribution is -2.50. The highest BCUT2D eigenvalue weighted by molar-refractivity contribution is 6.32. The number of hydrogen-bond donors (Lipinski definition) is 1. The lowest BCUT2D eigenvalue weighted by molar-refractivity contribution is -0.384. The molecule has 6 heteroatoms. The van der Waals surface area contributed by atoms with E-state index >= 15 is 0 Å². The molecule has 29 heavy (non-hydrogen) atoms. The van der Waals surface area contributed by atoms with E-state index in [2.05, 4.69) is 19.2 Å². The van der Waals surface area contributed by atoms with E-state index in [1.54, 1.807) is 12.1 Å². The Hall–Kier alpha value is -1.88. The number of nitro groups is 1. The topological polar surface area (TPSA) is 72.2 Å². The summed E-state index contributed by atoms with van der Waals surface area (Å²) in [5.41, 5.74) is 1.81. The number of benzene rings is 1. The molecule has 6 rings (SSSR count). The van der Waals surface area contributed by atoms with Crippen molar-refractivity contribution in [1.29, 1.82) is 0 Å². The summed E-state index contributed by atoms with van der Waals surface area (Å²) < 4.78 is 0. The maximum atomic E-state index is 13.6. The summed E-state index contributed by atoms with van der Waals surface area (Å²) in [6.45, 7) is 4.16. The number of carbonyl (C=O) groups is 1. The third-order valence-corrected chi connectivity index (χ3v) is 7.90. The van der Waals surface area contributed by atoms with Crippen molar-refractivity contribution in [1.82, 2.24) is 5.32 Å². The molecule has 5 nitrogen and oxygen atoms in total. The van der Waals surface area contributed by atoms with Crippen LogP contribution >= 0.6 is 11.6 Å². The number of hydrogen-bond acceptors (Lipinski definition) is 4. The fraction of sp³-hybridized carbons (Fsp3) is 0.609. The van der Waals surface area contributed by atoms with E-state index in [9.17, 15) is 14.9 Å². The number of nitro benzene ring substituents is 1. The van der Waals surface area contributed by atoms with Crippen LogP contribution in [-0.2, 0) is 11.2 Å². The van der Waals surface area contributed by atoms with E-state index in [0.717, 1.165) is 30.4 Å². The summed E-state index contributed by atoms with van der Waals surface area (Å²) >= 11 is 6.17. The van der Waals surface area contributed by atoms with Gasteiger partial charge in [0.15, 0.2) is 5.78 Å². The molecule has 0 atom stereocenters. The predicted molar refractivity (Wildman–Crippen MR) is 113 cm³/mol. The van der Waals surface area contributed by atoms with E-state index in [-0.39, 0.29) is 27.4 Å². The summed E-state index contributed by atoms with van der Waals surface area (Å²) in [5.74, 6) is 2.31. The Balaban J connectivity index is 1.55. The summed E-state index contributed by atoms with van der Waals surface area (Å²) in [6, 6.07) is 3.22. The van der Waals surface area contributed by atoms with Crippen molar-refractivity contribution in [3.63, 3.8) is 0 Å². The molecular formula is C23H27ClN2O3. The van der Waals surface area contributed by atoms with Gasteiger partial charge < -0.3 is 5.32 Å². The number of allylic oxidation sites excluding steroid dienone is 1. The van der Waals surface area contributed by atoms with Gasteiger partial charge in [-0.15, -0.1) is 0 Å². The van der Waals surface area contributed by atoms with Crippen LogP contribution in [-0.4, -0.2) is 16.2 Å². The molecule has 0 unspecified atom stereocenters. The van der Waals surface area contributed by atoms with Gasteiger partial charge in [-0.25, -0.2) is 0 Å². The van der Waals surface area contributed by atoms with Crippen LogP contribution in [0.1, 0.15) is 63.5 Å². The molecule has 0 saturated heterocycles. The van der Waals surface area contributed by atoms with Crippen LogP contribution in [0.3, 0.4) is 0 Å². The van der Waals surface area contributed by atoms with E-state index < -0.39 is 4.92 Å². The summed E-state index contributed by atoms with van der Waals surface area (Å²) in [5, 5.41) is 15.0. The number of nitrogens with zero attached hydrogens (tertiary/aromatic N) is 1. The molecule has 5 aliphatic rings. The molecule has 4 aliphatic carbocycles. The first-order valence-corrected chi connectivity index (χ1v) is 11.0. The summed E-state index contributed by atoms with van der Waals surface area (Å²) in [7, 11) is 0.